The molecule has 0 aliphatic carbocycles. The van der Waals surface area contributed by atoms with E-state index in [9.17, 15) is 5.11 Å². The van der Waals surface area contributed by atoms with Crippen molar-refractivity contribution in [3.05, 3.63) is 34.9 Å². The molecule has 1 aromatic rings. The maximum Gasteiger partial charge on any atom is 0.0917 e. The van der Waals surface area contributed by atoms with Gasteiger partial charge in [0, 0.05) is 32.7 Å². The molecule has 1 atom stereocenters. The quantitative estimate of drug-likeness (QED) is 0.826. The Morgan fingerprint density at radius 2 is 1.94 bits per heavy atom. The van der Waals surface area contributed by atoms with Crippen molar-refractivity contribution in [3.8, 4) is 0 Å². The predicted octanol–water partition coefficient (Wildman–Crippen LogP) is 1.24. The van der Waals surface area contributed by atoms with Gasteiger partial charge in [-0.05, 0) is 30.5 Å². The highest BCUT2D eigenvalue weighted by molar-refractivity contribution is 5.31. The highest BCUT2D eigenvalue weighted by Crippen LogP contribution is 2.18. The van der Waals surface area contributed by atoms with Crippen molar-refractivity contribution in [2.24, 2.45) is 0 Å². The van der Waals surface area contributed by atoms with Crippen LogP contribution in [0.15, 0.2) is 18.2 Å². The minimum atomic E-state index is -0.368. The third kappa shape index (κ3) is 3.28. The van der Waals surface area contributed by atoms with Gasteiger partial charge in [0.05, 0.1) is 6.10 Å². The van der Waals surface area contributed by atoms with Crippen molar-refractivity contribution in [1.29, 1.82) is 0 Å². The zero-order chi connectivity index (χ0) is 12.3. The van der Waals surface area contributed by atoms with Crippen LogP contribution in [0.25, 0.3) is 0 Å². The summed E-state index contributed by atoms with van der Waals surface area (Å²) >= 11 is 0. The summed E-state index contributed by atoms with van der Waals surface area (Å²) in [5.41, 5.74) is 3.57. The van der Waals surface area contributed by atoms with Crippen LogP contribution in [0.1, 0.15) is 22.8 Å². The Kier molecular flexibility index (Phi) is 4.15. The first kappa shape index (κ1) is 12.6. The number of aryl methyl sites for hydroxylation is 2. The zero-order valence-corrected chi connectivity index (χ0v) is 10.7. The van der Waals surface area contributed by atoms with E-state index < -0.39 is 0 Å². The van der Waals surface area contributed by atoms with Crippen LogP contribution in [0.5, 0.6) is 0 Å². The lowest BCUT2D eigenvalue weighted by Gasteiger charge is -2.29. The maximum atomic E-state index is 10.2. The molecule has 1 unspecified atom stereocenters. The van der Waals surface area contributed by atoms with E-state index in [0.29, 0.717) is 0 Å². The van der Waals surface area contributed by atoms with E-state index >= 15 is 0 Å². The van der Waals surface area contributed by atoms with E-state index in [2.05, 4.69) is 36.2 Å². The molecule has 0 amide bonds. The molecule has 3 heteroatoms. The molecule has 1 heterocycles. The Morgan fingerprint density at radius 3 is 2.59 bits per heavy atom. The first-order valence-corrected chi connectivity index (χ1v) is 6.35. The van der Waals surface area contributed by atoms with Crippen molar-refractivity contribution >= 4 is 0 Å². The number of rotatable bonds is 3. The molecular weight excluding hydrogens is 212 g/mol. The van der Waals surface area contributed by atoms with Gasteiger partial charge in [-0.25, -0.2) is 0 Å². The summed E-state index contributed by atoms with van der Waals surface area (Å²) < 4.78 is 0. The Balaban J connectivity index is 1.98. The fraction of sp³-hybridized carbons (Fsp3) is 0.571. The van der Waals surface area contributed by atoms with Crippen LogP contribution in [-0.2, 0) is 0 Å². The second-order valence-electron chi connectivity index (χ2n) is 4.91. The number of hydrogen-bond acceptors (Lipinski definition) is 3. The topological polar surface area (TPSA) is 35.5 Å². The van der Waals surface area contributed by atoms with E-state index in [0.717, 1.165) is 38.3 Å². The smallest absolute Gasteiger partial charge is 0.0917 e. The van der Waals surface area contributed by atoms with Crippen molar-refractivity contribution in [2.75, 3.05) is 32.7 Å². The molecule has 0 spiro atoms. The van der Waals surface area contributed by atoms with Crippen LogP contribution in [0.4, 0.5) is 0 Å². The van der Waals surface area contributed by atoms with E-state index in [1.165, 1.54) is 11.1 Å². The van der Waals surface area contributed by atoms with E-state index in [1.807, 2.05) is 6.07 Å². The Labute approximate surface area is 103 Å². The van der Waals surface area contributed by atoms with Crippen LogP contribution < -0.4 is 5.32 Å². The highest BCUT2D eigenvalue weighted by Gasteiger charge is 2.15. The molecule has 2 N–H and O–H groups in total. The number of nitrogens with zero attached hydrogens (tertiary/aromatic N) is 1. The second kappa shape index (κ2) is 5.63. The molecule has 2 rings (SSSR count). The fourth-order valence-corrected chi connectivity index (χ4v) is 2.22. The van der Waals surface area contributed by atoms with Crippen LogP contribution in [-0.4, -0.2) is 42.7 Å². The molecule has 0 aromatic heterocycles. The fourth-order valence-electron chi connectivity index (χ4n) is 2.22. The minimum Gasteiger partial charge on any atom is -0.387 e. The van der Waals surface area contributed by atoms with Gasteiger partial charge in [-0.3, -0.25) is 4.90 Å². The van der Waals surface area contributed by atoms with Crippen molar-refractivity contribution in [2.45, 2.75) is 20.0 Å². The standard InChI is InChI=1S/C14H22N2O/c1-11-3-4-13(9-12(11)2)14(17)10-16-7-5-15-6-8-16/h3-4,9,14-15,17H,5-8,10H2,1-2H3. The van der Waals surface area contributed by atoms with Gasteiger partial charge in [0.25, 0.3) is 0 Å². The summed E-state index contributed by atoms with van der Waals surface area (Å²) in [6, 6.07) is 6.23. The third-order valence-electron chi connectivity index (χ3n) is 3.56. The lowest BCUT2D eigenvalue weighted by Crippen LogP contribution is -2.44. The normalized spacial score (nSPS) is 19.2. The van der Waals surface area contributed by atoms with E-state index in [-0.39, 0.29) is 6.10 Å². The van der Waals surface area contributed by atoms with Gasteiger partial charge < -0.3 is 10.4 Å². The van der Waals surface area contributed by atoms with Crippen molar-refractivity contribution < 1.29 is 5.11 Å². The van der Waals surface area contributed by atoms with Crippen LogP contribution in [0.3, 0.4) is 0 Å². The molecule has 0 radical (unpaired) electrons. The number of nitrogens with one attached hydrogen (secondary N) is 1. The Bertz CT molecular complexity index is 372. The molecule has 1 aromatic carbocycles. The number of piperazine rings is 1. The molecule has 94 valence electrons. The summed E-state index contributed by atoms with van der Waals surface area (Å²) in [6.45, 7) is 9.05. The molecule has 1 fully saturated rings. The van der Waals surface area contributed by atoms with Gasteiger partial charge in [0.1, 0.15) is 0 Å². The lowest BCUT2D eigenvalue weighted by atomic mass is 10.0. The largest absolute Gasteiger partial charge is 0.387 e. The molecule has 1 aliphatic heterocycles. The predicted molar refractivity (Wildman–Crippen MR) is 70.2 cm³/mol. The molecule has 1 saturated heterocycles. The van der Waals surface area contributed by atoms with Gasteiger partial charge in [-0.1, -0.05) is 18.2 Å². The zero-order valence-electron chi connectivity index (χ0n) is 10.7. The third-order valence-corrected chi connectivity index (χ3v) is 3.56. The van der Waals surface area contributed by atoms with Gasteiger partial charge in [-0.2, -0.15) is 0 Å². The van der Waals surface area contributed by atoms with Crippen LogP contribution in [0.2, 0.25) is 0 Å². The number of aliphatic hydroxyl groups is 1. The summed E-state index contributed by atoms with van der Waals surface area (Å²) in [6.07, 6.45) is -0.368. The first-order valence-electron chi connectivity index (χ1n) is 6.35. The van der Waals surface area contributed by atoms with Crippen LogP contribution in [0, 0.1) is 13.8 Å². The molecule has 3 nitrogen and oxygen atoms in total. The van der Waals surface area contributed by atoms with E-state index in [4.69, 9.17) is 0 Å². The maximum absolute atomic E-state index is 10.2. The molecule has 0 saturated carbocycles. The van der Waals surface area contributed by atoms with Crippen LogP contribution >= 0.6 is 0 Å². The minimum absolute atomic E-state index is 0.368. The molecule has 0 bridgehead atoms. The molecule has 17 heavy (non-hydrogen) atoms. The van der Waals surface area contributed by atoms with Crippen molar-refractivity contribution in [3.63, 3.8) is 0 Å². The van der Waals surface area contributed by atoms with Gasteiger partial charge in [-0.15, -0.1) is 0 Å². The second-order valence-corrected chi connectivity index (χ2v) is 4.91. The first-order chi connectivity index (χ1) is 8.16. The summed E-state index contributed by atoms with van der Waals surface area (Å²) in [5.74, 6) is 0. The van der Waals surface area contributed by atoms with Gasteiger partial charge in [0.15, 0.2) is 0 Å². The average Bonchev–Trinajstić information content (AvgIpc) is 2.34. The van der Waals surface area contributed by atoms with E-state index in [1.54, 1.807) is 0 Å². The average molecular weight is 234 g/mol. The number of benzene rings is 1. The number of aliphatic hydroxyl groups excluding tert-OH is 1. The SMILES string of the molecule is Cc1ccc(C(O)CN2CCNCC2)cc1C. The van der Waals surface area contributed by atoms with Gasteiger partial charge in [0.2, 0.25) is 0 Å². The number of hydrogen-bond donors (Lipinski definition) is 2. The Hall–Kier alpha value is -0.900. The molecular formula is C14H22N2O. The highest BCUT2D eigenvalue weighted by atomic mass is 16.3. The Morgan fingerprint density at radius 1 is 1.24 bits per heavy atom. The summed E-state index contributed by atoms with van der Waals surface area (Å²) in [4.78, 5) is 2.32. The number of β-amino-alcohol motifs (C(OH)–C–C–N with tert-alkyl or cyclic N) is 1. The van der Waals surface area contributed by atoms with Crippen molar-refractivity contribution in [1.82, 2.24) is 10.2 Å². The lowest BCUT2D eigenvalue weighted by molar-refractivity contribution is 0.105. The molecule has 1 aliphatic rings. The van der Waals surface area contributed by atoms with Gasteiger partial charge >= 0.3 is 0 Å². The monoisotopic (exact) mass is 234 g/mol. The summed E-state index contributed by atoms with van der Waals surface area (Å²) in [7, 11) is 0. The summed E-state index contributed by atoms with van der Waals surface area (Å²) in [5, 5.41) is 13.5.